The van der Waals surface area contributed by atoms with Crippen LogP contribution >= 0.6 is 0 Å². The molecule has 0 saturated heterocycles. The first-order valence-corrected chi connectivity index (χ1v) is 6.16. The van der Waals surface area contributed by atoms with Crippen LogP contribution in [-0.2, 0) is 27.1 Å². The summed E-state index contributed by atoms with van der Waals surface area (Å²) in [5.41, 5.74) is 0. The molecule has 0 radical (unpaired) electrons. The van der Waals surface area contributed by atoms with Crippen LogP contribution in [0, 0.1) is 0 Å². The summed E-state index contributed by atoms with van der Waals surface area (Å²) < 4.78 is 15.1. The zero-order chi connectivity index (χ0) is 13.2. The maximum absolute atomic E-state index is 11.4. The third-order valence-corrected chi connectivity index (χ3v) is 2.29. The Morgan fingerprint density at radius 1 is 1.33 bits per heavy atom. The van der Waals surface area contributed by atoms with Crippen molar-refractivity contribution in [3.8, 4) is 0 Å². The van der Waals surface area contributed by atoms with Gasteiger partial charge >= 0.3 is 0 Å². The van der Waals surface area contributed by atoms with Crippen molar-refractivity contribution in [2.45, 2.75) is 32.6 Å². The molecule has 1 heterocycles. The quantitative estimate of drug-likeness (QED) is 0.585. The number of hydrogen-bond donors (Lipinski definition) is 0. The Labute approximate surface area is 107 Å². The van der Waals surface area contributed by atoms with Crippen LogP contribution in [0.25, 0.3) is 0 Å². The normalized spacial score (nSPS) is 10.8. The number of ketones is 1. The second kappa shape index (κ2) is 8.77. The lowest BCUT2D eigenvalue weighted by atomic mass is 10.2. The summed E-state index contributed by atoms with van der Waals surface area (Å²) in [7, 11) is 1.63. The molecule has 6 nitrogen and oxygen atoms in total. The largest absolute Gasteiger partial charge is 0.382 e. The van der Waals surface area contributed by atoms with E-state index < -0.39 is 0 Å². The highest BCUT2D eigenvalue weighted by Gasteiger charge is 2.10. The van der Waals surface area contributed by atoms with Crippen LogP contribution in [-0.4, -0.2) is 42.9 Å². The summed E-state index contributed by atoms with van der Waals surface area (Å²) >= 11 is 0. The second-order valence-electron chi connectivity index (χ2n) is 3.92. The molecule has 0 bridgehead atoms. The number of carbonyl (C=O) groups excluding carboxylic acids is 1. The van der Waals surface area contributed by atoms with Gasteiger partial charge in [0.15, 0.2) is 5.82 Å². The van der Waals surface area contributed by atoms with Gasteiger partial charge in [-0.3, -0.25) is 4.79 Å². The molecule has 18 heavy (non-hydrogen) atoms. The van der Waals surface area contributed by atoms with Crippen LogP contribution in [0.2, 0.25) is 0 Å². The zero-order valence-electron chi connectivity index (χ0n) is 11.0. The van der Waals surface area contributed by atoms with Crippen molar-refractivity contribution in [1.29, 1.82) is 0 Å². The van der Waals surface area contributed by atoms with Crippen molar-refractivity contribution in [3.05, 3.63) is 11.7 Å². The van der Waals surface area contributed by atoms with Gasteiger partial charge in [0.1, 0.15) is 5.78 Å². The van der Waals surface area contributed by atoms with Gasteiger partial charge in [0.05, 0.1) is 26.2 Å². The molecule has 0 saturated carbocycles. The number of nitrogens with zero attached hydrogens (tertiary/aromatic N) is 2. The third-order valence-electron chi connectivity index (χ3n) is 2.29. The highest BCUT2D eigenvalue weighted by Crippen LogP contribution is 2.02. The Kier molecular flexibility index (Phi) is 7.20. The molecule has 0 aromatic carbocycles. The average Bonchev–Trinajstić information content (AvgIpc) is 2.77. The van der Waals surface area contributed by atoms with Crippen LogP contribution in [0.1, 0.15) is 31.5 Å². The van der Waals surface area contributed by atoms with E-state index in [1.165, 1.54) is 0 Å². The minimum atomic E-state index is 0.129. The van der Waals surface area contributed by atoms with Gasteiger partial charge in [-0.05, 0) is 6.42 Å². The van der Waals surface area contributed by atoms with E-state index in [2.05, 4.69) is 10.1 Å². The Bertz CT molecular complexity index is 352. The lowest BCUT2D eigenvalue weighted by Crippen LogP contribution is -2.06. The minimum Gasteiger partial charge on any atom is -0.382 e. The van der Waals surface area contributed by atoms with Crippen molar-refractivity contribution in [2.24, 2.45) is 0 Å². The summed E-state index contributed by atoms with van der Waals surface area (Å²) in [6.45, 7) is 3.61. The molecule has 102 valence electrons. The first-order valence-electron chi connectivity index (χ1n) is 6.16. The van der Waals surface area contributed by atoms with E-state index in [4.69, 9.17) is 14.0 Å². The molecule has 0 unspecified atom stereocenters. The maximum Gasteiger partial charge on any atom is 0.234 e. The standard InChI is InChI=1S/C12H20N2O4/c1-3-4-10(15)9-12-13-11(14-18-12)5-6-17-8-7-16-2/h3-9H2,1-2H3. The Hall–Kier alpha value is -1.27. The Morgan fingerprint density at radius 3 is 2.89 bits per heavy atom. The first-order chi connectivity index (χ1) is 8.76. The van der Waals surface area contributed by atoms with Gasteiger partial charge < -0.3 is 14.0 Å². The predicted octanol–water partition coefficient (Wildman–Crippen LogP) is 1.19. The summed E-state index contributed by atoms with van der Waals surface area (Å²) in [6.07, 6.45) is 2.20. The van der Waals surface area contributed by atoms with E-state index >= 15 is 0 Å². The smallest absolute Gasteiger partial charge is 0.234 e. The number of hydrogen-bond acceptors (Lipinski definition) is 6. The molecular formula is C12H20N2O4. The number of aromatic nitrogens is 2. The molecule has 1 aromatic heterocycles. The molecular weight excluding hydrogens is 236 g/mol. The molecule has 0 atom stereocenters. The summed E-state index contributed by atoms with van der Waals surface area (Å²) in [5, 5.41) is 3.80. The van der Waals surface area contributed by atoms with E-state index in [0.717, 1.165) is 6.42 Å². The lowest BCUT2D eigenvalue weighted by molar-refractivity contribution is -0.118. The molecule has 6 heteroatoms. The molecule has 0 fully saturated rings. The van der Waals surface area contributed by atoms with Crippen molar-refractivity contribution in [3.63, 3.8) is 0 Å². The highest BCUT2D eigenvalue weighted by molar-refractivity contribution is 5.79. The molecule has 1 aromatic rings. The number of ether oxygens (including phenoxy) is 2. The maximum atomic E-state index is 11.4. The van der Waals surface area contributed by atoms with Crippen molar-refractivity contribution >= 4 is 5.78 Å². The lowest BCUT2D eigenvalue weighted by Gasteiger charge is -1.99. The molecule has 0 N–H and O–H groups in total. The van der Waals surface area contributed by atoms with E-state index in [1.54, 1.807) is 7.11 Å². The fourth-order valence-electron chi connectivity index (χ4n) is 1.41. The van der Waals surface area contributed by atoms with Crippen molar-refractivity contribution < 1.29 is 18.8 Å². The van der Waals surface area contributed by atoms with Gasteiger partial charge in [-0.25, -0.2) is 0 Å². The van der Waals surface area contributed by atoms with E-state index in [-0.39, 0.29) is 12.2 Å². The molecule has 0 spiro atoms. The first kappa shape index (κ1) is 14.8. The van der Waals surface area contributed by atoms with Crippen LogP contribution in [0.4, 0.5) is 0 Å². The summed E-state index contributed by atoms with van der Waals surface area (Å²) in [6, 6.07) is 0. The molecule has 0 aliphatic rings. The monoisotopic (exact) mass is 256 g/mol. The minimum absolute atomic E-state index is 0.129. The highest BCUT2D eigenvalue weighted by atomic mass is 16.5. The van der Waals surface area contributed by atoms with Gasteiger partial charge in [0.2, 0.25) is 5.89 Å². The van der Waals surface area contributed by atoms with Crippen LogP contribution in [0.3, 0.4) is 0 Å². The molecule has 0 amide bonds. The van der Waals surface area contributed by atoms with Gasteiger partial charge in [-0.2, -0.15) is 4.98 Å². The van der Waals surface area contributed by atoms with Crippen LogP contribution in [0.15, 0.2) is 4.52 Å². The van der Waals surface area contributed by atoms with Gasteiger partial charge in [0, 0.05) is 20.0 Å². The Morgan fingerprint density at radius 2 is 2.17 bits per heavy atom. The van der Waals surface area contributed by atoms with E-state index in [0.29, 0.717) is 44.4 Å². The topological polar surface area (TPSA) is 74.5 Å². The van der Waals surface area contributed by atoms with E-state index in [9.17, 15) is 4.79 Å². The third kappa shape index (κ3) is 5.88. The number of rotatable bonds is 10. The molecule has 0 aliphatic carbocycles. The number of carbonyl (C=O) groups is 1. The van der Waals surface area contributed by atoms with Crippen molar-refractivity contribution in [2.75, 3.05) is 26.9 Å². The Balaban J connectivity index is 2.23. The van der Waals surface area contributed by atoms with Crippen LogP contribution < -0.4 is 0 Å². The predicted molar refractivity (Wildman–Crippen MR) is 64.3 cm³/mol. The average molecular weight is 256 g/mol. The SMILES string of the molecule is CCCC(=O)Cc1nc(CCOCCOC)no1. The fraction of sp³-hybridized carbons (Fsp3) is 0.750. The van der Waals surface area contributed by atoms with Crippen molar-refractivity contribution in [1.82, 2.24) is 10.1 Å². The van der Waals surface area contributed by atoms with Gasteiger partial charge in [0.25, 0.3) is 0 Å². The van der Waals surface area contributed by atoms with Crippen LogP contribution in [0.5, 0.6) is 0 Å². The number of methoxy groups -OCH3 is 1. The number of Topliss-reactive ketones (excluding diaryl/α,β-unsaturated/α-hetero) is 1. The van der Waals surface area contributed by atoms with Gasteiger partial charge in [-0.15, -0.1) is 0 Å². The second-order valence-corrected chi connectivity index (χ2v) is 3.92. The molecule has 0 aliphatic heterocycles. The zero-order valence-corrected chi connectivity index (χ0v) is 11.0. The van der Waals surface area contributed by atoms with Gasteiger partial charge in [-0.1, -0.05) is 12.1 Å². The summed E-state index contributed by atoms with van der Waals surface area (Å²) in [5.74, 6) is 1.09. The van der Waals surface area contributed by atoms with E-state index in [1.807, 2.05) is 6.92 Å². The summed E-state index contributed by atoms with van der Waals surface area (Å²) in [4.78, 5) is 15.5. The fourth-order valence-corrected chi connectivity index (χ4v) is 1.41. The molecule has 1 rings (SSSR count).